The number of rotatable bonds is 6. The molecular formula is C29H29N3O4. The van der Waals surface area contributed by atoms with E-state index in [1.54, 1.807) is 6.07 Å². The van der Waals surface area contributed by atoms with E-state index < -0.39 is 23.6 Å². The Balaban J connectivity index is 1.70. The molecule has 0 bridgehead atoms. The summed E-state index contributed by atoms with van der Waals surface area (Å²) in [4.78, 5) is 45.5. The minimum Gasteiger partial charge on any atom is -0.445 e. The lowest BCUT2D eigenvalue weighted by atomic mass is 9.90. The molecule has 4 rings (SSSR count). The number of Topliss-reactive ketones (excluding diaryl/α,β-unsaturated/α-hetero) is 1. The molecule has 1 aliphatic heterocycles. The molecule has 1 aliphatic rings. The van der Waals surface area contributed by atoms with Crippen molar-refractivity contribution in [3.63, 3.8) is 0 Å². The maximum Gasteiger partial charge on any atom is 0.409 e. The number of benzene rings is 3. The summed E-state index contributed by atoms with van der Waals surface area (Å²) >= 11 is 0. The Morgan fingerprint density at radius 2 is 1.53 bits per heavy atom. The van der Waals surface area contributed by atoms with Gasteiger partial charge in [-0.15, -0.1) is 0 Å². The molecule has 184 valence electrons. The molecule has 0 radical (unpaired) electrons. The molecule has 36 heavy (non-hydrogen) atoms. The van der Waals surface area contributed by atoms with Crippen LogP contribution in [0.1, 0.15) is 37.5 Å². The van der Waals surface area contributed by atoms with E-state index in [0.29, 0.717) is 17.0 Å². The number of nitrogens with zero attached hydrogens (tertiary/aromatic N) is 2. The molecule has 0 aliphatic carbocycles. The van der Waals surface area contributed by atoms with E-state index in [0.717, 1.165) is 11.1 Å². The normalized spacial score (nSPS) is 15.4. The van der Waals surface area contributed by atoms with Crippen LogP contribution in [-0.4, -0.2) is 36.2 Å². The highest BCUT2D eigenvalue weighted by molar-refractivity contribution is 6.21. The SMILES string of the molecule is CC(C)(C)C(=O)CN1C(=O)[C@@H](NC(=O)OCc2ccccc2)N=C(c2ccccc2)c2ccccc21. The summed E-state index contributed by atoms with van der Waals surface area (Å²) in [5, 5.41) is 2.60. The average Bonchev–Trinajstić information content (AvgIpc) is 2.99. The van der Waals surface area contributed by atoms with Crippen molar-refractivity contribution in [2.45, 2.75) is 33.5 Å². The molecule has 1 heterocycles. The van der Waals surface area contributed by atoms with E-state index in [9.17, 15) is 14.4 Å². The molecule has 0 aromatic heterocycles. The van der Waals surface area contributed by atoms with Gasteiger partial charge in [-0.1, -0.05) is 99.6 Å². The summed E-state index contributed by atoms with van der Waals surface area (Å²) < 4.78 is 5.35. The largest absolute Gasteiger partial charge is 0.445 e. The van der Waals surface area contributed by atoms with Crippen LogP contribution >= 0.6 is 0 Å². The Kier molecular flexibility index (Phi) is 7.29. The summed E-state index contributed by atoms with van der Waals surface area (Å²) in [5.74, 6) is -0.623. The van der Waals surface area contributed by atoms with E-state index >= 15 is 0 Å². The number of para-hydroxylation sites is 1. The number of nitrogens with one attached hydrogen (secondary N) is 1. The van der Waals surface area contributed by atoms with Gasteiger partial charge in [-0.05, 0) is 11.6 Å². The van der Waals surface area contributed by atoms with Crippen LogP contribution in [0.3, 0.4) is 0 Å². The van der Waals surface area contributed by atoms with Crippen molar-refractivity contribution in [1.82, 2.24) is 5.32 Å². The number of carbonyl (C=O) groups excluding carboxylic acids is 3. The van der Waals surface area contributed by atoms with E-state index in [1.165, 1.54) is 4.90 Å². The smallest absolute Gasteiger partial charge is 0.409 e. The minimum absolute atomic E-state index is 0.0509. The monoisotopic (exact) mass is 483 g/mol. The third-order valence-corrected chi connectivity index (χ3v) is 5.86. The van der Waals surface area contributed by atoms with E-state index in [-0.39, 0.29) is 18.9 Å². The van der Waals surface area contributed by atoms with Gasteiger partial charge in [-0.3, -0.25) is 14.9 Å². The van der Waals surface area contributed by atoms with Crippen LogP contribution in [0.4, 0.5) is 10.5 Å². The number of ether oxygens (including phenoxy) is 1. The number of carbonyl (C=O) groups is 3. The minimum atomic E-state index is -1.27. The fraction of sp³-hybridized carbons (Fsp3) is 0.241. The van der Waals surface area contributed by atoms with Crippen LogP contribution in [0.2, 0.25) is 0 Å². The molecular weight excluding hydrogens is 454 g/mol. The quantitative estimate of drug-likeness (QED) is 0.549. The molecule has 2 amide bonds. The maximum atomic E-state index is 13.8. The van der Waals surface area contributed by atoms with Gasteiger partial charge in [0.25, 0.3) is 5.91 Å². The Labute approximate surface area is 210 Å². The first kappa shape index (κ1) is 24.9. The standard InChI is InChI=1S/C29H29N3O4/c1-29(2,3)24(33)18-32-23-17-11-10-16-22(23)25(21-14-8-5-9-15-21)30-26(27(32)34)31-28(35)36-19-20-12-6-4-7-13-20/h4-17,26H,18-19H2,1-3H3,(H,31,35)/t26-/m1/s1. The number of benzodiazepines with no additional fused rings is 1. The number of amides is 2. The van der Waals surface area contributed by atoms with Gasteiger partial charge in [0.1, 0.15) is 6.61 Å². The van der Waals surface area contributed by atoms with Gasteiger partial charge < -0.3 is 9.64 Å². The lowest BCUT2D eigenvalue weighted by Crippen LogP contribution is -2.50. The van der Waals surface area contributed by atoms with Gasteiger partial charge >= 0.3 is 6.09 Å². The number of hydrogen-bond acceptors (Lipinski definition) is 5. The topological polar surface area (TPSA) is 88.1 Å². The second kappa shape index (κ2) is 10.6. The molecule has 0 spiro atoms. The first-order chi connectivity index (χ1) is 17.2. The Morgan fingerprint density at radius 1 is 0.917 bits per heavy atom. The molecule has 0 fully saturated rings. The number of alkyl carbamates (subject to hydrolysis) is 1. The van der Waals surface area contributed by atoms with Crippen LogP contribution in [0.5, 0.6) is 0 Å². The number of fused-ring (bicyclic) bond motifs is 1. The highest BCUT2D eigenvalue weighted by Gasteiger charge is 2.36. The lowest BCUT2D eigenvalue weighted by Gasteiger charge is -2.27. The Bertz CT molecular complexity index is 1280. The fourth-order valence-electron chi connectivity index (χ4n) is 3.77. The van der Waals surface area contributed by atoms with Crippen molar-refractivity contribution in [2.24, 2.45) is 10.4 Å². The van der Waals surface area contributed by atoms with E-state index in [1.807, 2.05) is 99.6 Å². The van der Waals surface area contributed by atoms with Crippen LogP contribution < -0.4 is 10.2 Å². The maximum absolute atomic E-state index is 13.8. The number of hydrogen-bond donors (Lipinski definition) is 1. The third kappa shape index (κ3) is 5.68. The molecule has 3 aromatic carbocycles. The van der Waals surface area contributed by atoms with Crippen molar-refractivity contribution in [2.75, 3.05) is 11.4 Å². The van der Waals surface area contributed by atoms with Gasteiger partial charge in [-0.2, -0.15) is 0 Å². The second-order valence-corrected chi connectivity index (χ2v) is 9.57. The molecule has 0 saturated heterocycles. The molecule has 3 aromatic rings. The van der Waals surface area contributed by atoms with Gasteiger partial charge in [0.05, 0.1) is 17.9 Å². The van der Waals surface area contributed by atoms with E-state index in [2.05, 4.69) is 10.3 Å². The van der Waals surface area contributed by atoms with Gasteiger partial charge in [-0.25, -0.2) is 9.79 Å². The average molecular weight is 484 g/mol. The fourth-order valence-corrected chi connectivity index (χ4v) is 3.77. The van der Waals surface area contributed by atoms with Crippen molar-refractivity contribution in [3.8, 4) is 0 Å². The summed E-state index contributed by atoms with van der Waals surface area (Å²) in [6, 6.07) is 26.0. The molecule has 7 nitrogen and oxygen atoms in total. The lowest BCUT2D eigenvalue weighted by molar-refractivity contribution is -0.127. The zero-order valence-corrected chi connectivity index (χ0v) is 20.6. The zero-order valence-electron chi connectivity index (χ0n) is 20.6. The molecule has 1 N–H and O–H groups in total. The Hall–Kier alpha value is -4.26. The van der Waals surface area contributed by atoms with Crippen LogP contribution in [0.15, 0.2) is 89.9 Å². The second-order valence-electron chi connectivity index (χ2n) is 9.57. The Morgan fingerprint density at radius 3 is 2.19 bits per heavy atom. The van der Waals surface area contributed by atoms with Gasteiger partial charge in [0.15, 0.2) is 5.78 Å². The first-order valence-corrected chi connectivity index (χ1v) is 11.8. The predicted molar refractivity (Wildman–Crippen MR) is 139 cm³/mol. The number of aliphatic imine (C=N–C) groups is 1. The summed E-state index contributed by atoms with van der Waals surface area (Å²) in [6.45, 7) is 5.34. The third-order valence-electron chi connectivity index (χ3n) is 5.86. The molecule has 7 heteroatoms. The van der Waals surface area contributed by atoms with Crippen molar-refractivity contribution >= 4 is 29.2 Å². The van der Waals surface area contributed by atoms with Crippen LogP contribution in [-0.2, 0) is 20.9 Å². The van der Waals surface area contributed by atoms with Crippen molar-refractivity contribution in [1.29, 1.82) is 0 Å². The summed E-state index contributed by atoms with van der Waals surface area (Å²) in [5.41, 5.74) is 2.75. The highest BCUT2D eigenvalue weighted by atomic mass is 16.5. The molecule has 0 unspecified atom stereocenters. The van der Waals surface area contributed by atoms with Crippen LogP contribution in [0, 0.1) is 5.41 Å². The first-order valence-electron chi connectivity index (χ1n) is 11.8. The van der Waals surface area contributed by atoms with Crippen LogP contribution in [0.25, 0.3) is 0 Å². The van der Waals surface area contributed by atoms with E-state index in [4.69, 9.17) is 4.74 Å². The number of anilines is 1. The molecule has 0 saturated carbocycles. The highest BCUT2D eigenvalue weighted by Crippen LogP contribution is 2.29. The van der Waals surface area contributed by atoms with Crippen molar-refractivity contribution in [3.05, 3.63) is 102 Å². The van der Waals surface area contributed by atoms with Gasteiger partial charge in [0.2, 0.25) is 6.17 Å². The number of ketones is 1. The predicted octanol–water partition coefficient (Wildman–Crippen LogP) is 4.74. The summed E-state index contributed by atoms with van der Waals surface area (Å²) in [6.07, 6.45) is -2.05. The van der Waals surface area contributed by atoms with Crippen molar-refractivity contribution < 1.29 is 19.1 Å². The van der Waals surface area contributed by atoms with Gasteiger partial charge in [0, 0.05) is 16.5 Å². The zero-order chi connectivity index (χ0) is 25.7. The summed E-state index contributed by atoms with van der Waals surface area (Å²) in [7, 11) is 0. The molecule has 1 atom stereocenters.